The van der Waals surface area contributed by atoms with Crippen LogP contribution in [0.15, 0.2) is 11.2 Å². The van der Waals surface area contributed by atoms with Gasteiger partial charge in [-0.05, 0) is 6.92 Å². The minimum Gasteiger partial charge on any atom is -0.357 e. The van der Waals surface area contributed by atoms with Gasteiger partial charge in [0, 0.05) is 57.4 Å². The van der Waals surface area contributed by atoms with Gasteiger partial charge in [-0.3, -0.25) is 9.48 Å². The van der Waals surface area contributed by atoms with E-state index in [4.69, 9.17) is 0 Å². The van der Waals surface area contributed by atoms with Crippen LogP contribution in [0.4, 0.5) is 13.2 Å². The number of hydrogen-bond acceptors (Lipinski definition) is 3. The number of piperazine rings is 1. The summed E-state index contributed by atoms with van der Waals surface area (Å²) in [7, 11) is 1.46. The van der Waals surface area contributed by atoms with Crippen molar-refractivity contribution < 1.29 is 18.0 Å². The number of hydrogen-bond donors (Lipinski definition) is 1. The normalized spacial score (nSPS) is 15.6. The number of aliphatic imine (C=N–C) groups is 1. The van der Waals surface area contributed by atoms with Crippen LogP contribution in [-0.2, 0) is 24.6 Å². The monoisotopic (exact) mass is 516 g/mol. The highest BCUT2D eigenvalue weighted by atomic mass is 127. The van der Waals surface area contributed by atoms with Crippen LogP contribution in [0, 0.1) is 5.92 Å². The first-order valence-electron chi connectivity index (χ1n) is 9.05. The number of carbonyl (C=O) groups is 1. The molecule has 11 heteroatoms. The van der Waals surface area contributed by atoms with Crippen molar-refractivity contribution in [2.24, 2.45) is 18.0 Å². The Labute approximate surface area is 180 Å². The van der Waals surface area contributed by atoms with Gasteiger partial charge in [0.25, 0.3) is 0 Å². The number of aryl methyl sites for hydroxylation is 1. The number of carbonyl (C=O) groups excluding carboxylic acids is 1. The van der Waals surface area contributed by atoms with Crippen LogP contribution < -0.4 is 5.32 Å². The zero-order valence-corrected chi connectivity index (χ0v) is 18.9. The molecule has 1 aromatic heterocycles. The van der Waals surface area contributed by atoms with Gasteiger partial charge in [0.1, 0.15) is 0 Å². The van der Waals surface area contributed by atoms with Gasteiger partial charge in [-0.15, -0.1) is 24.0 Å². The average molecular weight is 516 g/mol. The number of nitrogens with zero attached hydrogens (tertiary/aromatic N) is 5. The number of amides is 1. The molecule has 1 aliphatic rings. The maximum atomic E-state index is 13.1. The Kier molecular flexibility index (Phi) is 9.02. The molecule has 1 amide bonds. The third kappa shape index (κ3) is 6.24. The summed E-state index contributed by atoms with van der Waals surface area (Å²) in [5.74, 6) is 0.609. The van der Waals surface area contributed by atoms with E-state index >= 15 is 0 Å². The van der Waals surface area contributed by atoms with Gasteiger partial charge in [0.15, 0.2) is 11.7 Å². The van der Waals surface area contributed by atoms with Gasteiger partial charge in [-0.2, -0.15) is 18.3 Å². The topological polar surface area (TPSA) is 65.8 Å². The Morgan fingerprint density at radius 3 is 2.32 bits per heavy atom. The van der Waals surface area contributed by atoms with Crippen molar-refractivity contribution in [3.05, 3.63) is 17.5 Å². The maximum absolute atomic E-state index is 13.1. The zero-order valence-electron chi connectivity index (χ0n) is 16.6. The predicted molar refractivity (Wildman–Crippen MR) is 111 cm³/mol. The van der Waals surface area contributed by atoms with E-state index in [1.165, 1.54) is 13.2 Å². The summed E-state index contributed by atoms with van der Waals surface area (Å²) in [6, 6.07) is 0. The summed E-state index contributed by atoms with van der Waals surface area (Å²) < 4.78 is 40.4. The van der Waals surface area contributed by atoms with E-state index in [-0.39, 0.29) is 47.9 Å². The van der Waals surface area contributed by atoms with E-state index in [1.54, 1.807) is 0 Å². The lowest BCUT2D eigenvalue weighted by Gasteiger charge is -2.37. The van der Waals surface area contributed by atoms with Gasteiger partial charge in [-0.1, -0.05) is 13.8 Å². The minimum atomic E-state index is -4.51. The van der Waals surface area contributed by atoms with Gasteiger partial charge in [0.05, 0.1) is 6.54 Å². The number of alkyl halides is 3. The van der Waals surface area contributed by atoms with Gasteiger partial charge in [0.2, 0.25) is 5.91 Å². The molecule has 2 rings (SSSR count). The fourth-order valence-electron chi connectivity index (χ4n) is 2.98. The molecule has 2 heterocycles. The van der Waals surface area contributed by atoms with Crippen LogP contribution in [-0.4, -0.2) is 64.2 Å². The summed E-state index contributed by atoms with van der Waals surface area (Å²) in [6.07, 6.45) is -3.16. The van der Waals surface area contributed by atoms with Crippen molar-refractivity contribution in [1.29, 1.82) is 0 Å². The number of nitrogens with one attached hydrogen (secondary N) is 1. The van der Waals surface area contributed by atoms with Crippen molar-refractivity contribution >= 4 is 35.8 Å². The van der Waals surface area contributed by atoms with E-state index in [9.17, 15) is 18.0 Å². The molecule has 1 fully saturated rings. The summed E-state index contributed by atoms with van der Waals surface area (Å²) >= 11 is 0. The van der Waals surface area contributed by atoms with Gasteiger partial charge in [-0.25, -0.2) is 4.99 Å². The molecule has 0 unspecified atom stereocenters. The van der Waals surface area contributed by atoms with Gasteiger partial charge >= 0.3 is 6.18 Å². The summed E-state index contributed by atoms with van der Waals surface area (Å²) in [6.45, 7) is 8.44. The molecule has 0 aromatic carbocycles. The van der Waals surface area contributed by atoms with E-state index in [0.29, 0.717) is 38.7 Å². The highest BCUT2D eigenvalue weighted by Crippen LogP contribution is 2.30. The molecule has 0 aliphatic carbocycles. The molecule has 7 nitrogen and oxygen atoms in total. The van der Waals surface area contributed by atoms with Crippen LogP contribution in [0.1, 0.15) is 32.0 Å². The standard InChI is InChI=1S/C17H27F3N6O.HI/c1-5-21-16(26-8-6-25(7-9-26)15(27)12(2)3)22-10-13-11-24(4)23-14(13)17(18,19)20;/h11-12H,5-10H2,1-4H3,(H,21,22);1H. The predicted octanol–water partition coefficient (Wildman–Crippen LogP) is 2.32. The van der Waals surface area contributed by atoms with Crippen molar-refractivity contribution in [3.8, 4) is 0 Å². The highest BCUT2D eigenvalue weighted by molar-refractivity contribution is 14.0. The number of guanidine groups is 1. The summed E-state index contributed by atoms with van der Waals surface area (Å²) in [5, 5.41) is 6.63. The summed E-state index contributed by atoms with van der Waals surface area (Å²) in [5.41, 5.74) is -0.869. The fraction of sp³-hybridized carbons (Fsp3) is 0.706. The maximum Gasteiger partial charge on any atom is 0.435 e. The van der Waals surface area contributed by atoms with E-state index in [1.807, 2.05) is 30.6 Å². The second-order valence-corrected chi connectivity index (χ2v) is 6.81. The third-order valence-electron chi connectivity index (χ3n) is 4.29. The molecule has 0 atom stereocenters. The van der Waals surface area contributed by atoms with Gasteiger partial charge < -0.3 is 15.1 Å². The van der Waals surface area contributed by atoms with Crippen LogP contribution in [0.3, 0.4) is 0 Å². The van der Waals surface area contributed by atoms with E-state index in [2.05, 4.69) is 15.4 Å². The van der Waals surface area contributed by atoms with Crippen LogP contribution in [0.25, 0.3) is 0 Å². The molecule has 1 aromatic rings. The Balaban J connectivity index is 0.00000392. The largest absolute Gasteiger partial charge is 0.435 e. The molecule has 1 aliphatic heterocycles. The van der Waals surface area contributed by atoms with Crippen LogP contribution >= 0.6 is 24.0 Å². The molecular weight excluding hydrogens is 488 g/mol. The second-order valence-electron chi connectivity index (χ2n) is 6.81. The molecule has 160 valence electrons. The lowest BCUT2D eigenvalue weighted by atomic mass is 10.1. The van der Waals surface area contributed by atoms with Crippen molar-refractivity contribution in [2.75, 3.05) is 32.7 Å². The smallest absolute Gasteiger partial charge is 0.357 e. The zero-order chi connectivity index (χ0) is 20.2. The van der Waals surface area contributed by atoms with Crippen molar-refractivity contribution in [3.63, 3.8) is 0 Å². The molecule has 0 spiro atoms. The molecule has 1 N–H and O–H groups in total. The Morgan fingerprint density at radius 1 is 1.25 bits per heavy atom. The summed E-state index contributed by atoms with van der Waals surface area (Å²) in [4.78, 5) is 20.2. The number of aromatic nitrogens is 2. The van der Waals surface area contributed by atoms with Crippen molar-refractivity contribution in [2.45, 2.75) is 33.5 Å². The molecule has 0 saturated carbocycles. The third-order valence-corrected chi connectivity index (χ3v) is 4.29. The quantitative estimate of drug-likeness (QED) is 0.379. The second kappa shape index (κ2) is 10.3. The highest BCUT2D eigenvalue weighted by Gasteiger charge is 2.36. The first-order valence-corrected chi connectivity index (χ1v) is 9.05. The lowest BCUT2D eigenvalue weighted by molar-refractivity contribution is -0.142. The number of rotatable bonds is 4. The molecule has 28 heavy (non-hydrogen) atoms. The Hall–Kier alpha value is -1.53. The number of halogens is 4. The van der Waals surface area contributed by atoms with E-state index < -0.39 is 11.9 Å². The van der Waals surface area contributed by atoms with Crippen LogP contribution in [0.5, 0.6) is 0 Å². The fourth-order valence-corrected chi connectivity index (χ4v) is 2.98. The first kappa shape index (κ1) is 24.5. The lowest BCUT2D eigenvalue weighted by Crippen LogP contribution is -2.54. The first-order chi connectivity index (χ1) is 12.6. The minimum absolute atomic E-state index is 0. The average Bonchev–Trinajstić information content (AvgIpc) is 2.99. The van der Waals surface area contributed by atoms with E-state index in [0.717, 1.165) is 4.68 Å². The molecule has 0 radical (unpaired) electrons. The molecule has 1 saturated heterocycles. The Morgan fingerprint density at radius 2 is 1.82 bits per heavy atom. The molecular formula is C17H28F3IN6O. The molecule has 0 bridgehead atoms. The SMILES string of the molecule is CCNC(=NCc1cn(C)nc1C(F)(F)F)N1CCN(C(=O)C(C)C)CC1.I. The van der Waals surface area contributed by atoms with Crippen LogP contribution in [0.2, 0.25) is 0 Å². The Bertz CT molecular complexity index is 681. The van der Waals surface area contributed by atoms with Crippen molar-refractivity contribution in [1.82, 2.24) is 24.9 Å².